The Kier molecular flexibility index (Phi) is 10.7. The Bertz CT molecular complexity index is 1160. The fourth-order valence-corrected chi connectivity index (χ4v) is 5.61. The van der Waals surface area contributed by atoms with Crippen molar-refractivity contribution in [2.45, 2.75) is 66.8 Å². The number of aromatic nitrogens is 1. The van der Waals surface area contributed by atoms with Crippen molar-refractivity contribution in [2.75, 3.05) is 39.4 Å². The third kappa shape index (κ3) is 6.56. The van der Waals surface area contributed by atoms with Crippen LogP contribution in [0.4, 0.5) is 0 Å². The van der Waals surface area contributed by atoms with E-state index in [4.69, 9.17) is 9.47 Å². The second-order valence-electron chi connectivity index (χ2n) is 9.36. The number of benzene rings is 1. The Labute approximate surface area is 230 Å². The second-order valence-corrected chi connectivity index (χ2v) is 10.6. The standard InChI is InChI=1S/C29H41N3O5S/c1-7-11-12-17-37-22-14-13-21(18-23(22)36-10-4)25-24(26(33)28-19(5)30-20(6)38-28)27(34)29(35)32(25)16-15-31(8-2)9-3/h13-14,18,25,34H,7-12,15-17H2,1-6H3. The van der Waals surface area contributed by atoms with Crippen molar-refractivity contribution in [3.05, 3.63) is 50.7 Å². The van der Waals surface area contributed by atoms with Gasteiger partial charge in [-0.1, -0.05) is 39.7 Å². The maximum absolute atomic E-state index is 13.8. The van der Waals surface area contributed by atoms with Gasteiger partial charge in [-0.25, -0.2) is 4.98 Å². The summed E-state index contributed by atoms with van der Waals surface area (Å²) in [5.74, 6) is -0.224. The van der Waals surface area contributed by atoms with Gasteiger partial charge in [0.1, 0.15) is 0 Å². The number of ketones is 1. The molecule has 0 saturated heterocycles. The smallest absolute Gasteiger partial charge is 0.290 e. The number of rotatable bonds is 15. The number of aliphatic hydroxyl groups is 1. The number of nitrogens with zero attached hydrogens (tertiary/aromatic N) is 3. The highest BCUT2D eigenvalue weighted by Crippen LogP contribution is 2.42. The van der Waals surface area contributed by atoms with Crippen LogP contribution in [0.5, 0.6) is 11.5 Å². The summed E-state index contributed by atoms with van der Waals surface area (Å²) in [6.45, 7) is 15.5. The quantitative estimate of drug-likeness (QED) is 0.229. The number of carbonyl (C=O) groups excluding carboxylic acids is 2. The first-order chi connectivity index (χ1) is 18.3. The van der Waals surface area contributed by atoms with Crippen molar-refractivity contribution in [3.8, 4) is 11.5 Å². The van der Waals surface area contributed by atoms with Gasteiger partial charge in [-0.3, -0.25) is 9.59 Å². The van der Waals surface area contributed by atoms with Gasteiger partial charge in [-0.05, 0) is 58.0 Å². The van der Waals surface area contributed by atoms with Crippen LogP contribution < -0.4 is 9.47 Å². The van der Waals surface area contributed by atoms with Crippen molar-refractivity contribution in [1.82, 2.24) is 14.8 Å². The molecule has 3 rings (SSSR count). The number of unbranched alkanes of at least 4 members (excludes halogenated alkanes) is 2. The Hall–Kier alpha value is -2.91. The summed E-state index contributed by atoms with van der Waals surface area (Å²) < 4.78 is 11.9. The number of aryl methyl sites for hydroxylation is 2. The zero-order valence-corrected chi connectivity index (χ0v) is 24.3. The molecule has 1 amide bonds. The second kappa shape index (κ2) is 13.8. The zero-order chi connectivity index (χ0) is 27.8. The molecule has 0 fully saturated rings. The molecule has 8 nitrogen and oxygen atoms in total. The van der Waals surface area contributed by atoms with Gasteiger partial charge in [0.2, 0.25) is 5.78 Å². The van der Waals surface area contributed by atoms with Gasteiger partial charge in [0, 0.05) is 13.1 Å². The monoisotopic (exact) mass is 543 g/mol. The molecular weight excluding hydrogens is 502 g/mol. The molecule has 1 atom stereocenters. The molecule has 1 aliphatic heterocycles. The highest BCUT2D eigenvalue weighted by Gasteiger charge is 2.44. The van der Waals surface area contributed by atoms with Crippen LogP contribution in [0, 0.1) is 13.8 Å². The molecule has 0 radical (unpaired) electrons. The molecule has 2 aromatic rings. The lowest BCUT2D eigenvalue weighted by Gasteiger charge is -2.29. The average Bonchev–Trinajstić information content (AvgIpc) is 3.37. The molecule has 2 heterocycles. The van der Waals surface area contributed by atoms with Crippen LogP contribution in [0.15, 0.2) is 29.5 Å². The molecular formula is C29H41N3O5S. The van der Waals surface area contributed by atoms with Crippen molar-refractivity contribution in [2.24, 2.45) is 0 Å². The summed E-state index contributed by atoms with van der Waals surface area (Å²) in [4.78, 5) is 35.8. The summed E-state index contributed by atoms with van der Waals surface area (Å²) in [5, 5.41) is 11.8. The Morgan fingerprint density at radius 3 is 2.45 bits per heavy atom. The molecule has 1 N–H and O–H groups in total. The van der Waals surface area contributed by atoms with Crippen LogP contribution in [-0.4, -0.2) is 71.0 Å². The largest absolute Gasteiger partial charge is 0.503 e. The topological polar surface area (TPSA) is 92.2 Å². The zero-order valence-electron chi connectivity index (χ0n) is 23.5. The van der Waals surface area contributed by atoms with Gasteiger partial charge >= 0.3 is 0 Å². The predicted octanol–water partition coefficient (Wildman–Crippen LogP) is 5.65. The third-order valence-corrected chi connectivity index (χ3v) is 7.87. The van der Waals surface area contributed by atoms with Gasteiger partial charge < -0.3 is 24.4 Å². The van der Waals surface area contributed by atoms with E-state index in [0.717, 1.165) is 37.4 Å². The lowest BCUT2D eigenvalue weighted by atomic mass is 9.94. The molecule has 1 aromatic heterocycles. The van der Waals surface area contributed by atoms with E-state index in [2.05, 4.69) is 30.7 Å². The van der Waals surface area contributed by atoms with E-state index in [-0.39, 0.29) is 11.4 Å². The molecule has 9 heteroatoms. The molecule has 1 unspecified atom stereocenters. The minimum atomic E-state index is -0.749. The molecule has 0 aliphatic carbocycles. The molecule has 1 aliphatic rings. The number of carbonyl (C=O) groups is 2. The normalized spacial score (nSPS) is 15.6. The summed E-state index contributed by atoms with van der Waals surface area (Å²) >= 11 is 1.27. The molecule has 0 bridgehead atoms. The number of amides is 1. The Balaban J connectivity index is 2.04. The minimum absolute atomic E-state index is 0.0837. The van der Waals surface area contributed by atoms with E-state index < -0.39 is 17.7 Å². The summed E-state index contributed by atoms with van der Waals surface area (Å²) in [7, 11) is 0. The van der Waals surface area contributed by atoms with Crippen LogP contribution in [-0.2, 0) is 4.79 Å². The Morgan fingerprint density at radius 1 is 1.11 bits per heavy atom. The summed E-state index contributed by atoms with van der Waals surface area (Å²) in [6, 6.07) is 4.77. The first-order valence-corrected chi connectivity index (χ1v) is 14.4. The van der Waals surface area contributed by atoms with Gasteiger partial charge in [-0.2, -0.15) is 0 Å². The minimum Gasteiger partial charge on any atom is -0.503 e. The number of likely N-dealkylation sites (N-methyl/N-ethyl adjacent to an activating group) is 1. The molecule has 38 heavy (non-hydrogen) atoms. The fraction of sp³-hybridized carbons (Fsp3) is 0.552. The number of ether oxygens (including phenoxy) is 2. The maximum Gasteiger partial charge on any atom is 0.290 e. The van der Waals surface area contributed by atoms with E-state index in [9.17, 15) is 14.7 Å². The van der Waals surface area contributed by atoms with Gasteiger partial charge in [-0.15, -0.1) is 11.3 Å². The van der Waals surface area contributed by atoms with E-state index in [1.54, 1.807) is 11.8 Å². The maximum atomic E-state index is 13.8. The van der Waals surface area contributed by atoms with Gasteiger partial charge in [0.05, 0.1) is 40.4 Å². The predicted molar refractivity (Wildman–Crippen MR) is 150 cm³/mol. The third-order valence-electron chi connectivity index (χ3n) is 6.80. The number of thiazole rings is 1. The van der Waals surface area contributed by atoms with Crippen LogP contribution in [0.2, 0.25) is 0 Å². The lowest BCUT2D eigenvalue weighted by molar-refractivity contribution is -0.129. The van der Waals surface area contributed by atoms with E-state index in [0.29, 0.717) is 53.9 Å². The number of hydrogen-bond acceptors (Lipinski definition) is 8. The lowest BCUT2D eigenvalue weighted by Crippen LogP contribution is -2.38. The van der Waals surface area contributed by atoms with Crippen LogP contribution >= 0.6 is 11.3 Å². The van der Waals surface area contributed by atoms with E-state index in [1.165, 1.54) is 11.3 Å². The Morgan fingerprint density at radius 2 is 1.84 bits per heavy atom. The van der Waals surface area contributed by atoms with Gasteiger partial charge in [0.25, 0.3) is 5.91 Å². The fourth-order valence-electron chi connectivity index (χ4n) is 4.73. The van der Waals surface area contributed by atoms with Crippen molar-refractivity contribution < 1.29 is 24.2 Å². The van der Waals surface area contributed by atoms with Crippen LogP contribution in [0.1, 0.15) is 78.9 Å². The number of hydrogen-bond donors (Lipinski definition) is 1. The highest BCUT2D eigenvalue weighted by molar-refractivity contribution is 7.14. The average molecular weight is 544 g/mol. The van der Waals surface area contributed by atoms with Crippen molar-refractivity contribution in [3.63, 3.8) is 0 Å². The number of aliphatic hydroxyl groups excluding tert-OH is 1. The first kappa shape index (κ1) is 29.6. The number of Topliss-reactive ketones (excluding diaryl/α,β-unsaturated/α-hetero) is 1. The molecule has 208 valence electrons. The molecule has 0 saturated carbocycles. The van der Waals surface area contributed by atoms with Crippen LogP contribution in [0.25, 0.3) is 0 Å². The van der Waals surface area contributed by atoms with E-state index >= 15 is 0 Å². The van der Waals surface area contributed by atoms with Crippen LogP contribution in [0.3, 0.4) is 0 Å². The molecule has 1 aromatic carbocycles. The first-order valence-electron chi connectivity index (χ1n) is 13.6. The SMILES string of the molecule is CCCCCOc1ccc(C2C(C(=O)c3sc(C)nc3C)=C(O)C(=O)N2CCN(CC)CC)cc1OCC. The molecule has 0 spiro atoms. The highest BCUT2D eigenvalue weighted by atomic mass is 32.1. The van der Waals surface area contributed by atoms with Crippen molar-refractivity contribution in [1.29, 1.82) is 0 Å². The van der Waals surface area contributed by atoms with Gasteiger partial charge in [0.15, 0.2) is 17.3 Å². The summed E-state index contributed by atoms with van der Waals surface area (Å²) in [5.41, 5.74) is 1.37. The summed E-state index contributed by atoms with van der Waals surface area (Å²) in [6.07, 6.45) is 3.13. The van der Waals surface area contributed by atoms with Crippen molar-refractivity contribution >= 4 is 23.0 Å². The van der Waals surface area contributed by atoms with E-state index in [1.807, 2.05) is 32.0 Å².